The second-order valence-corrected chi connectivity index (χ2v) is 3.48. The van der Waals surface area contributed by atoms with Crippen LogP contribution < -0.4 is 10.4 Å². The number of benzene rings is 1. The third-order valence-electron chi connectivity index (χ3n) is 1.99. The summed E-state index contributed by atoms with van der Waals surface area (Å²) < 4.78 is 10.1. The van der Waals surface area contributed by atoms with Crippen LogP contribution in [0.4, 0.5) is 0 Å². The van der Waals surface area contributed by atoms with E-state index in [1.54, 1.807) is 25.3 Å². The van der Waals surface area contributed by atoms with Crippen LogP contribution in [0.25, 0.3) is 11.1 Å². The van der Waals surface area contributed by atoms with Crippen LogP contribution >= 0.6 is 15.9 Å². The quantitative estimate of drug-likeness (QED) is 0.784. The van der Waals surface area contributed by atoms with Gasteiger partial charge < -0.3 is 9.15 Å². The summed E-state index contributed by atoms with van der Waals surface area (Å²) in [4.78, 5) is 15.5. The highest BCUT2D eigenvalue weighted by molar-refractivity contribution is 9.08. The molecule has 0 saturated carbocycles. The van der Waals surface area contributed by atoms with E-state index in [0.717, 1.165) is 0 Å². The lowest BCUT2D eigenvalue weighted by molar-refractivity contribution is 0.414. The van der Waals surface area contributed by atoms with Gasteiger partial charge in [-0.2, -0.15) is 0 Å². The van der Waals surface area contributed by atoms with Gasteiger partial charge >= 0.3 is 5.63 Å². The van der Waals surface area contributed by atoms with Crippen molar-refractivity contribution in [2.45, 2.75) is 5.33 Å². The van der Waals surface area contributed by atoms with Gasteiger partial charge in [0.1, 0.15) is 17.0 Å². The summed E-state index contributed by atoms with van der Waals surface area (Å²) in [5.41, 5.74) is 1.02. The number of methoxy groups -OCH3 is 1. The van der Waals surface area contributed by atoms with E-state index in [0.29, 0.717) is 27.9 Å². The van der Waals surface area contributed by atoms with Crippen LogP contribution in [0.5, 0.6) is 5.75 Å². The van der Waals surface area contributed by atoms with Crippen LogP contribution in [0.3, 0.4) is 0 Å². The van der Waals surface area contributed by atoms with E-state index >= 15 is 0 Å². The molecule has 0 atom stereocenters. The fourth-order valence-electron chi connectivity index (χ4n) is 1.23. The molecule has 0 aliphatic rings. The van der Waals surface area contributed by atoms with Crippen molar-refractivity contribution in [3.63, 3.8) is 0 Å². The van der Waals surface area contributed by atoms with Crippen LogP contribution in [-0.2, 0) is 5.33 Å². The number of fused-ring (bicyclic) bond motifs is 1. The maximum atomic E-state index is 11.4. The lowest BCUT2D eigenvalue weighted by atomic mass is 10.3. The molecule has 2 aromatic rings. The largest absolute Gasteiger partial charge is 0.497 e. The van der Waals surface area contributed by atoms with Gasteiger partial charge in [0, 0.05) is 6.07 Å². The summed E-state index contributed by atoms with van der Waals surface area (Å²) in [6, 6.07) is 5.17. The van der Waals surface area contributed by atoms with E-state index in [2.05, 4.69) is 20.9 Å². The van der Waals surface area contributed by atoms with E-state index in [-0.39, 0.29) is 0 Å². The predicted octanol–water partition coefficient (Wildman–Crippen LogP) is 2.09. The van der Waals surface area contributed by atoms with Crippen molar-refractivity contribution in [1.29, 1.82) is 0 Å². The van der Waals surface area contributed by atoms with Gasteiger partial charge in [-0.1, -0.05) is 15.9 Å². The number of hydrogen-bond acceptors (Lipinski definition) is 4. The van der Waals surface area contributed by atoms with Gasteiger partial charge in [0.25, 0.3) is 0 Å². The molecule has 1 aromatic carbocycles. The number of hydrogen-bond donors (Lipinski definition) is 0. The van der Waals surface area contributed by atoms with Crippen LogP contribution in [0.2, 0.25) is 0 Å². The maximum absolute atomic E-state index is 11.4. The highest BCUT2D eigenvalue weighted by Gasteiger charge is 2.06. The van der Waals surface area contributed by atoms with Gasteiger partial charge in [-0.15, -0.1) is 0 Å². The molecule has 1 aromatic heterocycles. The van der Waals surface area contributed by atoms with Crippen molar-refractivity contribution in [3.05, 3.63) is 34.3 Å². The highest BCUT2D eigenvalue weighted by atomic mass is 79.9. The Labute approximate surface area is 94.0 Å². The van der Waals surface area contributed by atoms with Crippen molar-refractivity contribution < 1.29 is 9.15 Å². The molecule has 0 aliphatic carbocycles. The van der Waals surface area contributed by atoms with Crippen molar-refractivity contribution in [2.75, 3.05) is 7.11 Å². The first-order chi connectivity index (χ1) is 7.24. The molecule has 5 heteroatoms. The van der Waals surface area contributed by atoms with Crippen LogP contribution in [-0.4, -0.2) is 12.1 Å². The number of rotatable bonds is 2. The van der Waals surface area contributed by atoms with Gasteiger partial charge in [-0.05, 0) is 12.1 Å². The average molecular weight is 270 g/mol. The van der Waals surface area contributed by atoms with Gasteiger partial charge in [0.2, 0.25) is 0 Å². The number of ether oxygens (including phenoxy) is 1. The monoisotopic (exact) mass is 269 g/mol. The zero-order chi connectivity index (χ0) is 10.8. The molecule has 2 rings (SSSR count). The Bertz CT molecular complexity index is 550. The Morgan fingerprint density at radius 1 is 1.53 bits per heavy atom. The number of alkyl halides is 1. The summed E-state index contributed by atoms with van der Waals surface area (Å²) in [5.74, 6) is 0.638. The third kappa shape index (κ3) is 1.87. The average Bonchev–Trinajstić information content (AvgIpc) is 2.27. The molecule has 0 bridgehead atoms. The van der Waals surface area contributed by atoms with E-state index < -0.39 is 5.63 Å². The molecule has 0 radical (unpaired) electrons. The standard InChI is InChI=1S/C10H8BrNO3/c1-14-6-2-3-7-9(4-6)15-10(13)8(5-11)12-7/h2-4H,5H2,1H3. The maximum Gasteiger partial charge on any atom is 0.359 e. The number of halogens is 1. The Balaban J connectivity index is 2.70. The lowest BCUT2D eigenvalue weighted by Crippen LogP contribution is -2.08. The van der Waals surface area contributed by atoms with Crippen molar-refractivity contribution in [3.8, 4) is 5.75 Å². The molecule has 0 spiro atoms. The Morgan fingerprint density at radius 2 is 2.33 bits per heavy atom. The number of nitrogens with zero attached hydrogens (tertiary/aromatic N) is 1. The third-order valence-corrected chi connectivity index (χ3v) is 2.52. The summed E-state index contributed by atoms with van der Waals surface area (Å²) in [5, 5.41) is 0.386. The smallest absolute Gasteiger partial charge is 0.359 e. The number of aromatic nitrogens is 1. The van der Waals surface area contributed by atoms with E-state index in [1.165, 1.54) is 0 Å². The Kier molecular flexibility index (Phi) is 2.73. The topological polar surface area (TPSA) is 52.3 Å². The second kappa shape index (κ2) is 4.02. The molecule has 0 fully saturated rings. The first kappa shape index (κ1) is 10.2. The first-order valence-corrected chi connectivity index (χ1v) is 5.40. The molecule has 0 saturated heterocycles. The molecule has 0 amide bonds. The zero-order valence-electron chi connectivity index (χ0n) is 7.99. The van der Waals surface area contributed by atoms with E-state index in [9.17, 15) is 4.79 Å². The van der Waals surface area contributed by atoms with E-state index in [1.807, 2.05) is 0 Å². The van der Waals surface area contributed by atoms with E-state index in [4.69, 9.17) is 9.15 Å². The molecule has 1 heterocycles. The van der Waals surface area contributed by atoms with Gasteiger partial charge in [-0.3, -0.25) is 0 Å². The van der Waals surface area contributed by atoms with Gasteiger partial charge in [-0.25, -0.2) is 9.78 Å². The minimum absolute atomic E-state index is 0.368. The molecular weight excluding hydrogens is 262 g/mol. The lowest BCUT2D eigenvalue weighted by Gasteiger charge is -2.01. The van der Waals surface area contributed by atoms with Crippen LogP contribution in [0.1, 0.15) is 5.69 Å². The fourth-order valence-corrected chi connectivity index (χ4v) is 1.58. The zero-order valence-corrected chi connectivity index (χ0v) is 9.58. The van der Waals surface area contributed by atoms with Crippen molar-refractivity contribution in [1.82, 2.24) is 4.98 Å². The molecule has 15 heavy (non-hydrogen) atoms. The minimum Gasteiger partial charge on any atom is -0.497 e. The van der Waals surface area contributed by atoms with Crippen molar-refractivity contribution >= 4 is 27.0 Å². The molecule has 4 nitrogen and oxygen atoms in total. The molecular formula is C10H8BrNO3. The van der Waals surface area contributed by atoms with Gasteiger partial charge in [0.15, 0.2) is 5.58 Å². The summed E-state index contributed by atoms with van der Waals surface area (Å²) in [6.45, 7) is 0. The second-order valence-electron chi connectivity index (χ2n) is 2.92. The Morgan fingerprint density at radius 3 is 3.00 bits per heavy atom. The fraction of sp³-hybridized carbons (Fsp3) is 0.200. The molecule has 0 unspecified atom stereocenters. The van der Waals surface area contributed by atoms with Crippen LogP contribution in [0.15, 0.2) is 27.4 Å². The SMILES string of the molecule is COc1ccc2nc(CBr)c(=O)oc2c1. The Hall–Kier alpha value is -1.36. The molecule has 78 valence electrons. The normalized spacial score (nSPS) is 10.5. The highest BCUT2D eigenvalue weighted by Crippen LogP contribution is 2.18. The molecule has 0 aliphatic heterocycles. The first-order valence-electron chi connectivity index (χ1n) is 4.28. The summed E-state index contributed by atoms with van der Waals surface area (Å²) in [7, 11) is 1.56. The minimum atomic E-state index is -0.423. The summed E-state index contributed by atoms with van der Waals surface area (Å²) in [6.07, 6.45) is 0. The van der Waals surface area contributed by atoms with Crippen molar-refractivity contribution in [2.24, 2.45) is 0 Å². The molecule has 0 N–H and O–H groups in total. The summed E-state index contributed by atoms with van der Waals surface area (Å²) >= 11 is 3.17. The predicted molar refractivity (Wildman–Crippen MR) is 59.5 cm³/mol. The van der Waals surface area contributed by atoms with Gasteiger partial charge in [0.05, 0.1) is 12.4 Å². The van der Waals surface area contributed by atoms with Crippen LogP contribution in [0, 0.1) is 0 Å².